The Labute approximate surface area is 150 Å². The van der Waals surface area contributed by atoms with Crippen LogP contribution in [0.2, 0.25) is 0 Å². The van der Waals surface area contributed by atoms with E-state index in [0.717, 1.165) is 38.1 Å². The molecule has 1 saturated heterocycles. The average molecular weight is 345 g/mol. The van der Waals surface area contributed by atoms with Crippen LogP contribution in [0.4, 0.5) is 0 Å². The second kappa shape index (κ2) is 8.68. The van der Waals surface area contributed by atoms with Crippen molar-refractivity contribution in [1.29, 1.82) is 0 Å². The molecule has 3 N–H and O–H groups in total. The van der Waals surface area contributed by atoms with E-state index in [-0.39, 0.29) is 17.9 Å². The van der Waals surface area contributed by atoms with Gasteiger partial charge in [0, 0.05) is 12.5 Å². The molecular formula is C20H31N3O2. The van der Waals surface area contributed by atoms with E-state index < -0.39 is 0 Å². The highest BCUT2D eigenvalue weighted by Gasteiger charge is 2.32. The van der Waals surface area contributed by atoms with Gasteiger partial charge in [0.15, 0.2) is 0 Å². The zero-order valence-corrected chi connectivity index (χ0v) is 15.2. The highest BCUT2D eigenvalue weighted by Crippen LogP contribution is 2.32. The van der Waals surface area contributed by atoms with Crippen LogP contribution < -0.4 is 15.8 Å². The lowest BCUT2D eigenvalue weighted by atomic mass is 9.95. The predicted molar refractivity (Wildman–Crippen MR) is 99.4 cm³/mol. The molecule has 1 aromatic rings. The number of amides is 1. The lowest BCUT2D eigenvalue weighted by molar-refractivity contribution is -0.126. The first-order valence-electron chi connectivity index (χ1n) is 9.58. The van der Waals surface area contributed by atoms with Gasteiger partial charge >= 0.3 is 0 Å². The summed E-state index contributed by atoms with van der Waals surface area (Å²) < 4.78 is 5.38. The first-order valence-corrected chi connectivity index (χ1v) is 9.58. The van der Waals surface area contributed by atoms with Crippen LogP contribution in [0.1, 0.15) is 43.7 Å². The fraction of sp³-hybridized carbons (Fsp3) is 0.650. The van der Waals surface area contributed by atoms with Crippen LogP contribution in [0.3, 0.4) is 0 Å². The number of hydrogen-bond donors (Lipinski definition) is 2. The molecule has 1 heterocycles. The number of ether oxygens (including phenoxy) is 1. The van der Waals surface area contributed by atoms with E-state index in [1.54, 1.807) is 7.11 Å². The summed E-state index contributed by atoms with van der Waals surface area (Å²) in [6, 6.07) is 8.43. The molecule has 3 rings (SSSR count). The van der Waals surface area contributed by atoms with E-state index >= 15 is 0 Å². The van der Waals surface area contributed by atoms with Crippen LogP contribution in [0.5, 0.6) is 5.75 Å². The Hall–Kier alpha value is -1.59. The van der Waals surface area contributed by atoms with Gasteiger partial charge in [-0.25, -0.2) is 0 Å². The number of carbonyl (C=O) groups excluding carboxylic acids is 1. The quantitative estimate of drug-likeness (QED) is 0.796. The molecule has 3 atom stereocenters. The largest absolute Gasteiger partial charge is 0.497 e. The molecular weight excluding hydrogens is 314 g/mol. The van der Waals surface area contributed by atoms with Crippen molar-refractivity contribution >= 4 is 5.91 Å². The fourth-order valence-electron chi connectivity index (χ4n) is 4.35. The zero-order valence-electron chi connectivity index (χ0n) is 15.2. The van der Waals surface area contributed by atoms with Gasteiger partial charge in [-0.2, -0.15) is 0 Å². The first kappa shape index (κ1) is 18.2. The predicted octanol–water partition coefficient (Wildman–Crippen LogP) is 2.32. The number of carbonyl (C=O) groups is 1. The summed E-state index contributed by atoms with van der Waals surface area (Å²) in [5.74, 6) is 1.49. The van der Waals surface area contributed by atoms with Crippen LogP contribution in [0.15, 0.2) is 24.3 Å². The molecule has 5 heteroatoms. The van der Waals surface area contributed by atoms with Crippen LogP contribution in [-0.4, -0.2) is 44.1 Å². The monoisotopic (exact) mass is 345 g/mol. The van der Waals surface area contributed by atoms with Crippen molar-refractivity contribution in [1.82, 2.24) is 10.2 Å². The maximum atomic E-state index is 12.7. The average Bonchev–Trinajstić information content (AvgIpc) is 3.33. The Bertz CT molecular complexity index is 572. The topological polar surface area (TPSA) is 67.6 Å². The van der Waals surface area contributed by atoms with Gasteiger partial charge in [-0.05, 0) is 68.9 Å². The van der Waals surface area contributed by atoms with Crippen LogP contribution >= 0.6 is 0 Å². The van der Waals surface area contributed by atoms with Crippen molar-refractivity contribution < 1.29 is 9.53 Å². The Morgan fingerprint density at radius 2 is 2.12 bits per heavy atom. The van der Waals surface area contributed by atoms with Gasteiger partial charge in [0.2, 0.25) is 5.91 Å². The third-order valence-electron chi connectivity index (χ3n) is 5.83. The summed E-state index contributed by atoms with van der Waals surface area (Å²) >= 11 is 0. The molecule has 1 saturated carbocycles. The van der Waals surface area contributed by atoms with E-state index in [1.807, 2.05) is 12.1 Å². The van der Waals surface area contributed by atoms with Gasteiger partial charge < -0.3 is 15.8 Å². The summed E-state index contributed by atoms with van der Waals surface area (Å²) in [5, 5.41) is 3.22. The third kappa shape index (κ3) is 4.33. The summed E-state index contributed by atoms with van der Waals surface area (Å²) in [5.41, 5.74) is 7.05. The molecule has 0 bridgehead atoms. The standard InChI is InChI=1S/C20H31N3O2/c1-25-17-8-4-6-15(12-17)19(23-10-2-3-11-23)14-22-20(24)18-9-5-7-16(18)13-21/h4,6,8,12,16,18-19H,2-3,5,7,9-11,13-14,21H2,1H3,(H,22,24)/t16-,18-,19?/m1/s1. The van der Waals surface area contributed by atoms with Crippen LogP contribution in [0, 0.1) is 11.8 Å². The molecule has 25 heavy (non-hydrogen) atoms. The highest BCUT2D eigenvalue weighted by molar-refractivity contribution is 5.79. The fourth-order valence-corrected chi connectivity index (χ4v) is 4.35. The molecule has 1 aliphatic heterocycles. The van der Waals surface area contributed by atoms with Crippen LogP contribution in [0.25, 0.3) is 0 Å². The molecule has 0 aromatic heterocycles. The lowest BCUT2D eigenvalue weighted by Crippen LogP contribution is -2.40. The van der Waals surface area contributed by atoms with Crippen molar-refractivity contribution in [3.05, 3.63) is 29.8 Å². The van der Waals surface area contributed by atoms with Crippen molar-refractivity contribution in [3.63, 3.8) is 0 Å². The lowest BCUT2D eigenvalue weighted by Gasteiger charge is -2.29. The van der Waals surface area contributed by atoms with Crippen molar-refractivity contribution in [2.45, 2.75) is 38.1 Å². The number of nitrogens with one attached hydrogen (secondary N) is 1. The molecule has 2 fully saturated rings. The second-order valence-corrected chi connectivity index (χ2v) is 7.31. The van der Waals surface area contributed by atoms with Crippen molar-refractivity contribution in [2.24, 2.45) is 17.6 Å². The molecule has 138 valence electrons. The zero-order chi connectivity index (χ0) is 17.6. The Morgan fingerprint density at radius 1 is 1.32 bits per heavy atom. The van der Waals surface area contributed by atoms with Gasteiger partial charge in [0.25, 0.3) is 0 Å². The van der Waals surface area contributed by atoms with Gasteiger partial charge in [0.1, 0.15) is 5.75 Å². The molecule has 5 nitrogen and oxygen atoms in total. The maximum absolute atomic E-state index is 12.7. The number of hydrogen-bond acceptors (Lipinski definition) is 4. The minimum atomic E-state index is 0.0922. The van der Waals surface area contributed by atoms with Crippen molar-refractivity contribution in [2.75, 3.05) is 33.3 Å². The Balaban J connectivity index is 1.68. The summed E-state index contributed by atoms with van der Waals surface area (Å²) in [4.78, 5) is 15.2. The van der Waals surface area contributed by atoms with E-state index in [9.17, 15) is 4.79 Å². The summed E-state index contributed by atoms with van der Waals surface area (Å²) in [7, 11) is 1.69. The first-order chi connectivity index (χ1) is 12.2. The van der Waals surface area contributed by atoms with E-state index in [1.165, 1.54) is 18.4 Å². The molecule has 1 unspecified atom stereocenters. The number of nitrogens with zero attached hydrogens (tertiary/aromatic N) is 1. The smallest absolute Gasteiger partial charge is 0.223 e. The number of methoxy groups -OCH3 is 1. The van der Waals surface area contributed by atoms with Crippen molar-refractivity contribution in [3.8, 4) is 5.75 Å². The molecule has 0 radical (unpaired) electrons. The molecule has 1 amide bonds. The molecule has 1 aliphatic carbocycles. The normalized spacial score (nSPS) is 25.0. The minimum Gasteiger partial charge on any atom is -0.497 e. The summed E-state index contributed by atoms with van der Waals surface area (Å²) in [6.45, 7) is 3.45. The molecule has 2 aliphatic rings. The minimum absolute atomic E-state index is 0.0922. The van der Waals surface area contributed by atoms with Gasteiger partial charge in [-0.3, -0.25) is 9.69 Å². The maximum Gasteiger partial charge on any atom is 0.223 e. The number of likely N-dealkylation sites (tertiary alicyclic amines) is 1. The Morgan fingerprint density at radius 3 is 2.84 bits per heavy atom. The van der Waals surface area contributed by atoms with E-state index in [2.05, 4.69) is 22.3 Å². The van der Waals surface area contributed by atoms with Gasteiger partial charge in [-0.15, -0.1) is 0 Å². The Kier molecular flexibility index (Phi) is 6.32. The molecule has 0 spiro atoms. The van der Waals surface area contributed by atoms with Gasteiger partial charge in [0.05, 0.1) is 13.2 Å². The number of nitrogens with two attached hydrogens (primary N) is 1. The summed E-state index contributed by atoms with van der Waals surface area (Å²) in [6.07, 6.45) is 5.63. The van der Waals surface area contributed by atoms with Crippen LogP contribution in [-0.2, 0) is 4.79 Å². The third-order valence-corrected chi connectivity index (χ3v) is 5.83. The van der Waals surface area contributed by atoms with Gasteiger partial charge in [-0.1, -0.05) is 18.6 Å². The highest BCUT2D eigenvalue weighted by atomic mass is 16.5. The second-order valence-electron chi connectivity index (χ2n) is 7.31. The molecule has 1 aromatic carbocycles. The SMILES string of the molecule is COc1cccc(C(CNC(=O)[C@@H]2CCC[C@@H]2CN)N2CCCC2)c1. The van der Waals surface area contributed by atoms with E-state index in [0.29, 0.717) is 19.0 Å². The number of rotatable bonds is 7. The van der Waals surface area contributed by atoms with E-state index in [4.69, 9.17) is 10.5 Å². The number of benzene rings is 1.